The first-order valence-electron chi connectivity index (χ1n) is 11.6. The molecule has 1 heterocycles. The van der Waals surface area contributed by atoms with Crippen molar-refractivity contribution >= 4 is 0 Å². The smallest absolute Gasteiger partial charge is 0.201 e. The Labute approximate surface area is 183 Å². The summed E-state index contributed by atoms with van der Waals surface area (Å²) in [6.45, 7) is 4.82. The largest absolute Gasteiger partial charge is 0.491 e. The fraction of sp³-hybridized carbons (Fsp3) is 0.538. The van der Waals surface area contributed by atoms with Gasteiger partial charge in [0.25, 0.3) is 0 Å². The van der Waals surface area contributed by atoms with Crippen LogP contribution >= 0.6 is 0 Å². The zero-order valence-corrected chi connectivity index (χ0v) is 18.6. The van der Waals surface area contributed by atoms with Crippen LogP contribution in [-0.2, 0) is 4.74 Å². The molecule has 2 atom stereocenters. The molecular formula is C26H33F3O2. The summed E-state index contributed by atoms with van der Waals surface area (Å²) in [5.74, 6) is -2.38. The van der Waals surface area contributed by atoms with Gasteiger partial charge in [0.2, 0.25) is 5.82 Å². The summed E-state index contributed by atoms with van der Waals surface area (Å²) in [6.07, 6.45) is 9.34. The van der Waals surface area contributed by atoms with Gasteiger partial charge in [-0.15, -0.1) is 0 Å². The van der Waals surface area contributed by atoms with Crippen LogP contribution in [0, 0.1) is 23.4 Å². The predicted molar refractivity (Wildman–Crippen MR) is 118 cm³/mol. The van der Waals surface area contributed by atoms with Crippen LogP contribution in [0.4, 0.5) is 13.2 Å². The van der Waals surface area contributed by atoms with E-state index in [1.54, 1.807) is 13.0 Å². The van der Waals surface area contributed by atoms with Crippen LogP contribution in [0.3, 0.4) is 0 Å². The molecular weight excluding hydrogens is 401 g/mol. The van der Waals surface area contributed by atoms with Crippen LogP contribution in [0.2, 0.25) is 0 Å². The van der Waals surface area contributed by atoms with Crippen molar-refractivity contribution in [1.29, 1.82) is 0 Å². The van der Waals surface area contributed by atoms with E-state index in [4.69, 9.17) is 9.47 Å². The summed E-state index contributed by atoms with van der Waals surface area (Å²) in [5.41, 5.74) is 0.663. The minimum absolute atomic E-state index is 0.0314. The lowest BCUT2D eigenvalue weighted by atomic mass is 9.90. The molecule has 0 radical (unpaired) electrons. The Morgan fingerprint density at radius 3 is 2.35 bits per heavy atom. The molecule has 1 aliphatic heterocycles. The molecule has 3 rings (SSSR count). The van der Waals surface area contributed by atoms with Crippen LogP contribution in [0.5, 0.6) is 5.75 Å². The van der Waals surface area contributed by atoms with E-state index in [2.05, 4.69) is 6.92 Å². The summed E-state index contributed by atoms with van der Waals surface area (Å²) >= 11 is 0. The van der Waals surface area contributed by atoms with Gasteiger partial charge in [-0.1, -0.05) is 51.2 Å². The van der Waals surface area contributed by atoms with E-state index in [0.717, 1.165) is 18.4 Å². The molecule has 0 amide bonds. The summed E-state index contributed by atoms with van der Waals surface area (Å²) in [6, 6.07) is 7.33. The maximum absolute atomic E-state index is 14.8. The SMILES string of the molecule is CCCCCCCC1CCC(c2ccc(-c3ccc(OCC)c(F)c3F)c(F)c2)OC1. The molecule has 2 unspecified atom stereocenters. The molecule has 0 N–H and O–H groups in total. The minimum atomic E-state index is -1.10. The van der Waals surface area contributed by atoms with Crippen molar-refractivity contribution in [3.05, 3.63) is 53.3 Å². The number of hydrogen-bond acceptors (Lipinski definition) is 2. The molecule has 2 nitrogen and oxygen atoms in total. The highest BCUT2D eigenvalue weighted by Crippen LogP contribution is 2.36. The van der Waals surface area contributed by atoms with Crippen LogP contribution in [-0.4, -0.2) is 13.2 Å². The summed E-state index contributed by atoms with van der Waals surface area (Å²) < 4.78 is 54.6. The van der Waals surface area contributed by atoms with E-state index in [0.29, 0.717) is 12.5 Å². The van der Waals surface area contributed by atoms with Gasteiger partial charge in [-0.2, -0.15) is 4.39 Å². The Hall–Kier alpha value is -2.01. The standard InChI is InChI=1S/C26H33F3O2/c1-3-5-6-7-8-9-18-10-14-23(31-17-18)19-11-12-20(22(27)16-19)21-13-15-24(30-4-2)26(29)25(21)28/h11-13,15-16,18,23H,3-10,14,17H2,1-2H3. The van der Waals surface area contributed by atoms with E-state index >= 15 is 0 Å². The van der Waals surface area contributed by atoms with E-state index in [9.17, 15) is 13.2 Å². The number of halogens is 3. The third kappa shape index (κ3) is 6.03. The number of hydrogen-bond donors (Lipinski definition) is 0. The first kappa shape index (κ1) is 23.6. The van der Waals surface area contributed by atoms with Gasteiger partial charge in [-0.3, -0.25) is 0 Å². The zero-order valence-electron chi connectivity index (χ0n) is 18.6. The third-order valence-corrected chi connectivity index (χ3v) is 6.09. The molecule has 2 aromatic rings. The van der Waals surface area contributed by atoms with Gasteiger partial charge >= 0.3 is 0 Å². The quantitative estimate of drug-likeness (QED) is 0.353. The molecule has 1 fully saturated rings. The van der Waals surface area contributed by atoms with Crippen molar-refractivity contribution in [3.63, 3.8) is 0 Å². The van der Waals surface area contributed by atoms with Crippen LogP contribution in [0.1, 0.15) is 76.9 Å². The molecule has 5 heteroatoms. The van der Waals surface area contributed by atoms with Gasteiger partial charge in [-0.05, 0) is 55.9 Å². The van der Waals surface area contributed by atoms with E-state index in [-0.39, 0.29) is 29.6 Å². The molecule has 0 spiro atoms. The lowest BCUT2D eigenvalue weighted by Crippen LogP contribution is -2.20. The first-order chi connectivity index (χ1) is 15.0. The van der Waals surface area contributed by atoms with E-state index in [1.807, 2.05) is 0 Å². The van der Waals surface area contributed by atoms with Gasteiger partial charge in [0.1, 0.15) is 5.82 Å². The topological polar surface area (TPSA) is 18.5 Å². The average molecular weight is 435 g/mol. The van der Waals surface area contributed by atoms with Gasteiger partial charge < -0.3 is 9.47 Å². The fourth-order valence-corrected chi connectivity index (χ4v) is 4.29. The van der Waals surface area contributed by atoms with Gasteiger partial charge in [-0.25, -0.2) is 8.78 Å². The zero-order chi connectivity index (χ0) is 22.2. The summed E-state index contributed by atoms with van der Waals surface area (Å²) in [4.78, 5) is 0. The van der Waals surface area contributed by atoms with Gasteiger partial charge in [0.05, 0.1) is 19.3 Å². The molecule has 0 saturated carbocycles. The van der Waals surface area contributed by atoms with Crippen molar-refractivity contribution in [3.8, 4) is 16.9 Å². The van der Waals surface area contributed by atoms with Gasteiger partial charge in [0, 0.05) is 11.1 Å². The normalized spacial score (nSPS) is 18.9. The molecule has 1 aliphatic rings. The molecule has 2 aromatic carbocycles. The Morgan fingerprint density at radius 2 is 1.68 bits per heavy atom. The van der Waals surface area contributed by atoms with Gasteiger partial charge in [0.15, 0.2) is 11.6 Å². The fourth-order valence-electron chi connectivity index (χ4n) is 4.29. The highest BCUT2D eigenvalue weighted by atomic mass is 19.2. The first-order valence-corrected chi connectivity index (χ1v) is 11.6. The summed E-state index contributed by atoms with van der Waals surface area (Å²) in [7, 11) is 0. The van der Waals surface area contributed by atoms with Crippen LogP contribution < -0.4 is 4.74 Å². The highest BCUT2D eigenvalue weighted by Gasteiger charge is 2.24. The predicted octanol–water partition coefficient (Wildman–Crippen LogP) is 8.00. The molecule has 0 aromatic heterocycles. The Balaban J connectivity index is 1.61. The minimum Gasteiger partial charge on any atom is -0.491 e. The van der Waals surface area contributed by atoms with Crippen LogP contribution in [0.25, 0.3) is 11.1 Å². The summed E-state index contributed by atoms with van der Waals surface area (Å²) in [5, 5.41) is 0. The van der Waals surface area contributed by atoms with Crippen molar-refractivity contribution in [1.82, 2.24) is 0 Å². The second kappa shape index (κ2) is 11.6. The third-order valence-electron chi connectivity index (χ3n) is 6.09. The maximum Gasteiger partial charge on any atom is 0.201 e. The Kier molecular flexibility index (Phi) is 8.82. The van der Waals surface area contributed by atoms with E-state index < -0.39 is 17.5 Å². The van der Waals surface area contributed by atoms with Crippen molar-refractivity contribution in [2.75, 3.05) is 13.2 Å². The molecule has 0 bridgehead atoms. The highest BCUT2D eigenvalue weighted by molar-refractivity contribution is 5.66. The average Bonchev–Trinajstić information content (AvgIpc) is 2.78. The second-order valence-electron chi connectivity index (χ2n) is 8.38. The molecule has 170 valence electrons. The lowest BCUT2D eigenvalue weighted by Gasteiger charge is -2.29. The van der Waals surface area contributed by atoms with Crippen molar-refractivity contribution in [2.45, 2.75) is 71.3 Å². The Morgan fingerprint density at radius 1 is 0.903 bits per heavy atom. The van der Waals surface area contributed by atoms with Crippen molar-refractivity contribution < 1.29 is 22.6 Å². The number of benzene rings is 2. The Bertz CT molecular complexity index is 845. The number of rotatable bonds is 10. The molecule has 0 aliphatic carbocycles. The second-order valence-corrected chi connectivity index (χ2v) is 8.38. The lowest BCUT2D eigenvalue weighted by molar-refractivity contribution is -0.0200. The number of unbranched alkanes of at least 4 members (excludes halogenated alkanes) is 4. The van der Waals surface area contributed by atoms with E-state index in [1.165, 1.54) is 62.8 Å². The monoisotopic (exact) mass is 434 g/mol. The van der Waals surface area contributed by atoms with Crippen LogP contribution in [0.15, 0.2) is 30.3 Å². The maximum atomic E-state index is 14.8. The molecule has 1 saturated heterocycles. The van der Waals surface area contributed by atoms with Crippen molar-refractivity contribution in [2.24, 2.45) is 5.92 Å². The molecule has 31 heavy (non-hydrogen) atoms. The number of ether oxygens (including phenoxy) is 2.